The number of nitrogens with one attached hydrogen (secondary N) is 1. The molecule has 100 valence electrons. The molecule has 1 aliphatic carbocycles. The third-order valence-corrected chi connectivity index (χ3v) is 3.56. The number of allylic oxidation sites excluding steroid dienone is 2. The minimum Gasteiger partial charge on any atom is -0.462 e. The molecule has 0 spiro atoms. The molecule has 3 nitrogen and oxygen atoms in total. The Morgan fingerprint density at radius 3 is 2.83 bits per heavy atom. The summed E-state index contributed by atoms with van der Waals surface area (Å²) in [5.41, 5.74) is 0. The predicted octanol–water partition coefficient (Wildman–Crippen LogP) is 3.12. The summed E-state index contributed by atoms with van der Waals surface area (Å²) in [7, 11) is 1.91. The predicted molar refractivity (Wildman–Crippen MR) is 72.2 cm³/mol. The molecule has 0 saturated heterocycles. The highest BCUT2D eigenvalue weighted by Crippen LogP contribution is 2.25. The minimum atomic E-state index is 0.580. The van der Waals surface area contributed by atoms with Gasteiger partial charge < -0.3 is 14.5 Å². The van der Waals surface area contributed by atoms with Crippen LogP contribution in [0.3, 0.4) is 0 Å². The summed E-state index contributed by atoms with van der Waals surface area (Å²) in [5.74, 6) is 3.26. The van der Waals surface area contributed by atoms with Crippen molar-refractivity contribution in [2.75, 3.05) is 13.7 Å². The van der Waals surface area contributed by atoms with Crippen molar-refractivity contribution in [1.82, 2.24) is 5.32 Å². The van der Waals surface area contributed by atoms with E-state index in [4.69, 9.17) is 9.15 Å². The Bertz CT molecular complexity index is 384. The van der Waals surface area contributed by atoms with Gasteiger partial charge in [-0.05, 0) is 43.9 Å². The van der Waals surface area contributed by atoms with E-state index in [-0.39, 0.29) is 0 Å². The van der Waals surface area contributed by atoms with Gasteiger partial charge >= 0.3 is 0 Å². The molecule has 0 bridgehead atoms. The molecule has 1 aromatic heterocycles. The molecule has 2 unspecified atom stereocenters. The van der Waals surface area contributed by atoms with E-state index >= 15 is 0 Å². The highest BCUT2D eigenvalue weighted by molar-refractivity contribution is 5.06. The van der Waals surface area contributed by atoms with Gasteiger partial charge in [0.05, 0.1) is 13.2 Å². The highest BCUT2D eigenvalue weighted by Gasteiger charge is 2.18. The zero-order valence-electron chi connectivity index (χ0n) is 11.3. The maximum Gasteiger partial charge on any atom is 0.129 e. The van der Waals surface area contributed by atoms with Crippen LogP contribution in [0.4, 0.5) is 0 Å². The first kappa shape index (κ1) is 13.4. The normalized spacial score (nSPS) is 23.4. The monoisotopic (exact) mass is 249 g/mol. The van der Waals surface area contributed by atoms with Crippen LogP contribution in [0, 0.1) is 11.8 Å². The average molecular weight is 249 g/mol. The maximum atomic E-state index is 5.77. The molecule has 2 atom stereocenters. The summed E-state index contributed by atoms with van der Waals surface area (Å²) in [4.78, 5) is 0. The molecule has 1 heterocycles. The molecule has 18 heavy (non-hydrogen) atoms. The standard InChI is InChI=1S/C15H23NO2/c1-12-5-3-4-6-13(12)10-17-11-15-8-7-14(18-15)9-16-2/h3-4,7-8,12-13,16H,5-6,9-11H2,1-2H3. The smallest absolute Gasteiger partial charge is 0.129 e. The molecule has 0 amide bonds. The average Bonchev–Trinajstić information content (AvgIpc) is 2.80. The van der Waals surface area contributed by atoms with Crippen LogP contribution in [0.1, 0.15) is 31.3 Å². The van der Waals surface area contributed by atoms with Crippen LogP contribution in [-0.2, 0) is 17.9 Å². The Hall–Kier alpha value is -1.06. The minimum absolute atomic E-state index is 0.580. The van der Waals surface area contributed by atoms with E-state index in [9.17, 15) is 0 Å². The fourth-order valence-electron chi connectivity index (χ4n) is 2.32. The van der Waals surface area contributed by atoms with Gasteiger partial charge in [-0.2, -0.15) is 0 Å². The summed E-state index contributed by atoms with van der Waals surface area (Å²) >= 11 is 0. The fraction of sp³-hybridized carbons (Fsp3) is 0.600. The van der Waals surface area contributed by atoms with Crippen molar-refractivity contribution < 1.29 is 9.15 Å². The van der Waals surface area contributed by atoms with Crippen molar-refractivity contribution >= 4 is 0 Å². The topological polar surface area (TPSA) is 34.4 Å². The number of rotatable bonds is 6. The third kappa shape index (κ3) is 3.72. The van der Waals surface area contributed by atoms with Crippen molar-refractivity contribution in [3.63, 3.8) is 0 Å². The van der Waals surface area contributed by atoms with Gasteiger partial charge in [0.1, 0.15) is 18.1 Å². The van der Waals surface area contributed by atoms with Crippen LogP contribution < -0.4 is 5.32 Å². The molecule has 0 fully saturated rings. The molecule has 2 rings (SSSR count). The summed E-state index contributed by atoms with van der Waals surface area (Å²) in [6, 6.07) is 4.00. The zero-order chi connectivity index (χ0) is 12.8. The molecule has 0 radical (unpaired) electrons. The summed E-state index contributed by atoms with van der Waals surface area (Å²) < 4.78 is 11.4. The fourth-order valence-corrected chi connectivity index (χ4v) is 2.32. The van der Waals surface area contributed by atoms with E-state index in [1.807, 2.05) is 19.2 Å². The number of hydrogen-bond acceptors (Lipinski definition) is 3. The Morgan fingerprint density at radius 1 is 1.28 bits per heavy atom. The Morgan fingerprint density at radius 2 is 2.06 bits per heavy atom. The first-order valence-corrected chi connectivity index (χ1v) is 6.74. The second-order valence-corrected chi connectivity index (χ2v) is 5.09. The summed E-state index contributed by atoms with van der Waals surface area (Å²) in [6.45, 7) is 4.48. The van der Waals surface area contributed by atoms with E-state index in [1.54, 1.807) is 0 Å². The quantitative estimate of drug-likeness (QED) is 0.787. The van der Waals surface area contributed by atoms with Crippen LogP contribution in [0.2, 0.25) is 0 Å². The molecular formula is C15H23NO2. The Balaban J connectivity index is 1.72. The molecule has 0 aromatic carbocycles. The SMILES string of the molecule is CNCc1ccc(COCC2CC=CCC2C)o1. The van der Waals surface area contributed by atoms with Crippen LogP contribution in [-0.4, -0.2) is 13.7 Å². The maximum absolute atomic E-state index is 5.77. The van der Waals surface area contributed by atoms with Gasteiger partial charge in [0, 0.05) is 0 Å². The van der Waals surface area contributed by atoms with E-state index in [2.05, 4.69) is 24.4 Å². The van der Waals surface area contributed by atoms with E-state index in [0.29, 0.717) is 12.5 Å². The molecular weight excluding hydrogens is 226 g/mol. The van der Waals surface area contributed by atoms with Gasteiger partial charge in [0.15, 0.2) is 0 Å². The van der Waals surface area contributed by atoms with Crippen molar-refractivity contribution in [3.8, 4) is 0 Å². The zero-order valence-corrected chi connectivity index (χ0v) is 11.3. The lowest BCUT2D eigenvalue weighted by molar-refractivity contribution is 0.0577. The van der Waals surface area contributed by atoms with Gasteiger partial charge in [0.2, 0.25) is 0 Å². The lowest BCUT2D eigenvalue weighted by Crippen LogP contribution is -2.19. The summed E-state index contributed by atoms with van der Waals surface area (Å²) in [6.07, 6.45) is 6.87. The second-order valence-electron chi connectivity index (χ2n) is 5.09. The van der Waals surface area contributed by atoms with Crippen molar-refractivity contribution in [3.05, 3.63) is 35.8 Å². The van der Waals surface area contributed by atoms with Crippen molar-refractivity contribution in [2.24, 2.45) is 11.8 Å². The Kier molecular flexibility index (Phi) is 5.02. The van der Waals surface area contributed by atoms with Gasteiger partial charge in [-0.25, -0.2) is 0 Å². The molecule has 0 saturated carbocycles. The van der Waals surface area contributed by atoms with E-state index < -0.39 is 0 Å². The van der Waals surface area contributed by atoms with Gasteiger partial charge in [0.25, 0.3) is 0 Å². The van der Waals surface area contributed by atoms with E-state index in [1.165, 1.54) is 6.42 Å². The molecule has 1 aromatic rings. The molecule has 1 aliphatic rings. The molecule has 0 aliphatic heterocycles. The van der Waals surface area contributed by atoms with Crippen LogP contribution in [0.15, 0.2) is 28.7 Å². The second kappa shape index (κ2) is 6.76. The number of furan rings is 1. The Labute approximate surface area is 109 Å². The van der Waals surface area contributed by atoms with Crippen molar-refractivity contribution in [1.29, 1.82) is 0 Å². The van der Waals surface area contributed by atoms with Crippen LogP contribution >= 0.6 is 0 Å². The van der Waals surface area contributed by atoms with Gasteiger partial charge in [-0.15, -0.1) is 0 Å². The lowest BCUT2D eigenvalue weighted by atomic mass is 9.85. The lowest BCUT2D eigenvalue weighted by Gasteiger charge is -2.24. The number of hydrogen-bond donors (Lipinski definition) is 1. The number of ether oxygens (including phenoxy) is 1. The summed E-state index contributed by atoms with van der Waals surface area (Å²) in [5, 5.41) is 3.07. The first-order valence-electron chi connectivity index (χ1n) is 6.74. The van der Waals surface area contributed by atoms with Crippen LogP contribution in [0.25, 0.3) is 0 Å². The molecule has 3 heteroatoms. The van der Waals surface area contributed by atoms with Crippen molar-refractivity contribution in [2.45, 2.75) is 32.9 Å². The van der Waals surface area contributed by atoms with Gasteiger partial charge in [-0.3, -0.25) is 0 Å². The first-order chi connectivity index (χ1) is 8.79. The largest absolute Gasteiger partial charge is 0.462 e. The van der Waals surface area contributed by atoms with Crippen LogP contribution in [0.5, 0.6) is 0 Å². The van der Waals surface area contributed by atoms with Gasteiger partial charge in [-0.1, -0.05) is 19.1 Å². The highest BCUT2D eigenvalue weighted by atomic mass is 16.5. The third-order valence-electron chi connectivity index (χ3n) is 3.56. The molecule has 1 N–H and O–H groups in total. The van der Waals surface area contributed by atoms with E-state index in [0.717, 1.165) is 37.0 Å².